The van der Waals surface area contributed by atoms with Gasteiger partial charge in [0.2, 0.25) is 0 Å². The molecule has 3 heteroatoms. The van der Waals surface area contributed by atoms with Crippen molar-refractivity contribution in [1.82, 2.24) is 9.88 Å². The van der Waals surface area contributed by atoms with Gasteiger partial charge in [-0.1, -0.05) is 13.0 Å². The second-order valence-corrected chi connectivity index (χ2v) is 3.64. The molecule has 15 heavy (non-hydrogen) atoms. The number of pyridine rings is 1. The predicted octanol–water partition coefficient (Wildman–Crippen LogP) is 2.13. The molecule has 0 saturated heterocycles. The minimum absolute atomic E-state index is 0.476. The minimum atomic E-state index is 0.476. The van der Waals surface area contributed by atoms with Crippen molar-refractivity contribution in [2.75, 3.05) is 13.1 Å². The summed E-state index contributed by atoms with van der Waals surface area (Å²) >= 11 is 0. The highest BCUT2D eigenvalue weighted by atomic mass is 15.1. The molecule has 0 N–H and O–H groups in total. The zero-order chi connectivity index (χ0) is 11.1. The second kappa shape index (κ2) is 6.15. The normalized spacial score (nSPS) is 10.3. The van der Waals surface area contributed by atoms with Crippen molar-refractivity contribution in [3.8, 4) is 6.07 Å². The van der Waals surface area contributed by atoms with Gasteiger partial charge >= 0.3 is 0 Å². The molecule has 0 saturated carbocycles. The number of rotatable bonds is 5. The van der Waals surface area contributed by atoms with Crippen molar-refractivity contribution in [2.45, 2.75) is 26.8 Å². The van der Waals surface area contributed by atoms with E-state index in [4.69, 9.17) is 5.26 Å². The maximum absolute atomic E-state index is 8.68. The van der Waals surface area contributed by atoms with Gasteiger partial charge in [-0.2, -0.15) is 5.26 Å². The molecule has 3 nitrogen and oxygen atoms in total. The first-order valence-corrected chi connectivity index (χ1v) is 5.28. The van der Waals surface area contributed by atoms with Gasteiger partial charge in [0.15, 0.2) is 0 Å². The maximum Gasteiger partial charge on any atom is 0.0869 e. The molecule has 0 radical (unpaired) electrons. The van der Waals surface area contributed by atoms with E-state index in [0.717, 1.165) is 30.9 Å². The summed E-state index contributed by atoms with van der Waals surface area (Å²) in [5, 5.41) is 8.68. The second-order valence-electron chi connectivity index (χ2n) is 3.64. The Hall–Kier alpha value is -1.40. The number of nitrogens with zero attached hydrogens (tertiary/aromatic N) is 3. The molecule has 0 bridgehead atoms. The first-order valence-electron chi connectivity index (χ1n) is 5.28. The third-order valence-corrected chi connectivity index (χ3v) is 2.17. The maximum atomic E-state index is 8.68. The molecule has 0 fully saturated rings. The van der Waals surface area contributed by atoms with E-state index in [-0.39, 0.29) is 0 Å². The molecule has 1 aromatic heterocycles. The van der Waals surface area contributed by atoms with Gasteiger partial charge in [0.05, 0.1) is 18.3 Å². The highest BCUT2D eigenvalue weighted by molar-refractivity contribution is 5.09. The van der Waals surface area contributed by atoms with E-state index in [9.17, 15) is 0 Å². The molecule has 0 spiro atoms. The van der Waals surface area contributed by atoms with Crippen LogP contribution in [0.15, 0.2) is 18.2 Å². The van der Waals surface area contributed by atoms with Gasteiger partial charge in [0.25, 0.3) is 0 Å². The van der Waals surface area contributed by atoms with Crippen LogP contribution in [-0.2, 0) is 6.54 Å². The lowest BCUT2D eigenvalue weighted by Gasteiger charge is -2.17. The van der Waals surface area contributed by atoms with Crippen LogP contribution in [0.2, 0.25) is 0 Å². The van der Waals surface area contributed by atoms with Crippen molar-refractivity contribution in [2.24, 2.45) is 0 Å². The molecule has 0 aliphatic rings. The number of hydrogen-bond donors (Lipinski definition) is 0. The summed E-state index contributed by atoms with van der Waals surface area (Å²) in [5.41, 5.74) is 2.07. The Labute approximate surface area is 91.4 Å². The van der Waals surface area contributed by atoms with Gasteiger partial charge in [-0.15, -0.1) is 0 Å². The van der Waals surface area contributed by atoms with Crippen LogP contribution in [0.1, 0.15) is 24.7 Å². The van der Waals surface area contributed by atoms with Crippen LogP contribution in [0.5, 0.6) is 0 Å². The van der Waals surface area contributed by atoms with Crippen molar-refractivity contribution in [1.29, 1.82) is 5.26 Å². The topological polar surface area (TPSA) is 39.9 Å². The summed E-state index contributed by atoms with van der Waals surface area (Å²) in [6.07, 6.45) is 1.06. The summed E-state index contributed by atoms with van der Waals surface area (Å²) in [6.45, 7) is 6.29. The average Bonchev–Trinajstić information content (AvgIpc) is 2.18. The van der Waals surface area contributed by atoms with E-state index < -0.39 is 0 Å². The number of aryl methyl sites for hydroxylation is 1. The smallest absolute Gasteiger partial charge is 0.0869 e. The molecule has 0 unspecified atom stereocenters. The van der Waals surface area contributed by atoms with Gasteiger partial charge in [-0.25, -0.2) is 0 Å². The number of hydrogen-bond acceptors (Lipinski definition) is 3. The lowest BCUT2D eigenvalue weighted by Crippen LogP contribution is -2.24. The highest BCUT2D eigenvalue weighted by Gasteiger charge is 2.04. The third-order valence-electron chi connectivity index (χ3n) is 2.17. The Kier molecular flexibility index (Phi) is 4.79. The highest BCUT2D eigenvalue weighted by Crippen LogP contribution is 2.03. The molecule has 80 valence electrons. The van der Waals surface area contributed by atoms with Gasteiger partial charge in [-0.3, -0.25) is 9.88 Å². The molecular weight excluding hydrogens is 186 g/mol. The standard InChI is InChI=1S/C12H17N3/c1-3-8-15(9-7-13)10-12-6-4-5-11(2)14-12/h4-6H,3,8-10H2,1-2H3. The van der Waals surface area contributed by atoms with E-state index in [2.05, 4.69) is 22.9 Å². The molecule has 0 aromatic carbocycles. The SMILES string of the molecule is CCCN(CC#N)Cc1cccc(C)n1. The van der Waals surface area contributed by atoms with Crippen LogP contribution in [0, 0.1) is 18.3 Å². The summed E-state index contributed by atoms with van der Waals surface area (Å²) in [6, 6.07) is 8.18. The van der Waals surface area contributed by atoms with E-state index in [1.54, 1.807) is 0 Å². The van der Waals surface area contributed by atoms with Crippen LogP contribution in [0.25, 0.3) is 0 Å². The van der Waals surface area contributed by atoms with Gasteiger partial charge < -0.3 is 0 Å². The summed E-state index contributed by atoms with van der Waals surface area (Å²) in [7, 11) is 0. The number of aromatic nitrogens is 1. The fourth-order valence-electron chi connectivity index (χ4n) is 1.55. The predicted molar refractivity (Wildman–Crippen MR) is 60.2 cm³/mol. The Bertz CT molecular complexity index is 341. The van der Waals surface area contributed by atoms with Gasteiger partial charge in [0.1, 0.15) is 0 Å². The zero-order valence-electron chi connectivity index (χ0n) is 9.40. The van der Waals surface area contributed by atoms with E-state index in [0.29, 0.717) is 6.54 Å². The van der Waals surface area contributed by atoms with Crippen LogP contribution in [0.4, 0.5) is 0 Å². The van der Waals surface area contributed by atoms with E-state index >= 15 is 0 Å². The van der Waals surface area contributed by atoms with Gasteiger partial charge in [0, 0.05) is 12.2 Å². The Morgan fingerprint density at radius 3 is 2.87 bits per heavy atom. The number of nitriles is 1. The lowest BCUT2D eigenvalue weighted by molar-refractivity contribution is 0.294. The van der Waals surface area contributed by atoms with Crippen molar-refractivity contribution >= 4 is 0 Å². The van der Waals surface area contributed by atoms with E-state index in [1.807, 2.05) is 25.1 Å². The first-order chi connectivity index (χ1) is 7.26. The van der Waals surface area contributed by atoms with Crippen molar-refractivity contribution in [3.63, 3.8) is 0 Å². The Balaban J connectivity index is 2.61. The summed E-state index contributed by atoms with van der Waals surface area (Å²) in [5.74, 6) is 0. The van der Waals surface area contributed by atoms with Crippen LogP contribution >= 0.6 is 0 Å². The molecule has 0 aliphatic heterocycles. The quantitative estimate of drug-likeness (QED) is 0.688. The zero-order valence-corrected chi connectivity index (χ0v) is 9.40. The average molecular weight is 203 g/mol. The fraction of sp³-hybridized carbons (Fsp3) is 0.500. The Morgan fingerprint density at radius 2 is 2.27 bits per heavy atom. The lowest BCUT2D eigenvalue weighted by atomic mass is 10.3. The first kappa shape index (κ1) is 11.7. The minimum Gasteiger partial charge on any atom is -0.285 e. The van der Waals surface area contributed by atoms with Crippen LogP contribution in [-0.4, -0.2) is 23.0 Å². The molecule has 0 aliphatic carbocycles. The van der Waals surface area contributed by atoms with Crippen LogP contribution in [0.3, 0.4) is 0 Å². The molecule has 1 rings (SSSR count). The fourth-order valence-corrected chi connectivity index (χ4v) is 1.55. The monoisotopic (exact) mass is 203 g/mol. The van der Waals surface area contributed by atoms with Crippen molar-refractivity contribution < 1.29 is 0 Å². The van der Waals surface area contributed by atoms with Gasteiger partial charge in [-0.05, 0) is 32.0 Å². The Morgan fingerprint density at radius 1 is 1.47 bits per heavy atom. The molecule has 0 atom stereocenters. The molecular formula is C12H17N3. The molecule has 0 amide bonds. The summed E-state index contributed by atoms with van der Waals surface area (Å²) in [4.78, 5) is 6.54. The van der Waals surface area contributed by atoms with E-state index in [1.165, 1.54) is 0 Å². The summed E-state index contributed by atoms with van der Waals surface area (Å²) < 4.78 is 0. The molecule has 1 aromatic rings. The molecule has 1 heterocycles. The third kappa shape index (κ3) is 4.09. The van der Waals surface area contributed by atoms with Crippen molar-refractivity contribution in [3.05, 3.63) is 29.6 Å². The van der Waals surface area contributed by atoms with Crippen LogP contribution < -0.4 is 0 Å². The largest absolute Gasteiger partial charge is 0.285 e.